The molecule has 4 heteroatoms. The molecule has 0 radical (unpaired) electrons. The van der Waals surface area contributed by atoms with E-state index in [2.05, 4.69) is 6.92 Å². The van der Waals surface area contributed by atoms with Crippen molar-refractivity contribution in [2.45, 2.75) is 38.6 Å². The molecule has 98 valence electrons. The quantitative estimate of drug-likeness (QED) is 0.789. The minimum absolute atomic E-state index is 0.0304. The molecule has 1 aliphatic heterocycles. The molecule has 0 aromatic heterocycles. The summed E-state index contributed by atoms with van der Waals surface area (Å²) in [4.78, 5) is 14.5. The standard InChI is InChI=1S/C14H17Cl2NO/c1-2-10-6-3-4-9-17(10)14(18)13-11(15)7-5-8-12(13)16/h5,7-8,10H,2-4,6,9H2,1H3/t10-/m1/s1. The summed E-state index contributed by atoms with van der Waals surface area (Å²) >= 11 is 12.2. The summed E-state index contributed by atoms with van der Waals surface area (Å²) in [6.45, 7) is 2.92. The van der Waals surface area contributed by atoms with E-state index in [9.17, 15) is 4.79 Å². The van der Waals surface area contributed by atoms with Crippen LogP contribution in [0.25, 0.3) is 0 Å². The lowest BCUT2D eigenvalue weighted by molar-refractivity contribution is 0.0608. The predicted molar refractivity (Wildman–Crippen MR) is 75.4 cm³/mol. The molecular weight excluding hydrogens is 269 g/mol. The van der Waals surface area contributed by atoms with Gasteiger partial charge in [-0.2, -0.15) is 0 Å². The van der Waals surface area contributed by atoms with Crippen LogP contribution in [0, 0.1) is 0 Å². The van der Waals surface area contributed by atoms with Crippen LogP contribution in [0.5, 0.6) is 0 Å². The number of carbonyl (C=O) groups excluding carboxylic acids is 1. The maximum absolute atomic E-state index is 12.6. The Morgan fingerprint density at radius 3 is 2.61 bits per heavy atom. The first-order valence-electron chi connectivity index (χ1n) is 6.40. The number of likely N-dealkylation sites (tertiary alicyclic amines) is 1. The Hall–Kier alpha value is -0.730. The SMILES string of the molecule is CC[C@@H]1CCCCN1C(=O)c1c(Cl)cccc1Cl. The maximum atomic E-state index is 12.6. The Kier molecular flexibility index (Phi) is 4.52. The molecule has 0 bridgehead atoms. The molecule has 1 heterocycles. The monoisotopic (exact) mass is 285 g/mol. The Bertz CT molecular complexity index is 427. The van der Waals surface area contributed by atoms with Crippen LogP contribution in [0.2, 0.25) is 10.0 Å². The van der Waals surface area contributed by atoms with Crippen LogP contribution in [0.3, 0.4) is 0 Å². The van der Waals surface area contributed by atoms with Gasteiger partial charge in [0.15, 0.2) is 0 Å². The maximum Gasteiger partial charge on any atom is 0.257 e. The molecule has 2 nitrogen and oxygen atoms in total. The molecule has 1 atom stereocenters. The van der Waals surface area contributed by atoms with Gasteiger partial charge >= 0.3 is 0 Å². The molecule has 1 aromatic rings. The topological polar surface area (TPSA) is 20.3 Å². The van der Waals surface area contributed by atoms with Crippen molar-refractivity contribution in [1.82, 2.24) is 4.90 Å². The first-order chi connectivity index (χ1) is 8.65. The van der Waals surface area contributed by atoms with Crippen molar-refractivity contribution in [2.75, 3.05) is 6.54 Å². The van der Waals surface area contributed by atoms with Gasteiger partial charge in [0.2, 0.25) is 0 Å². The molecule has 2 rings (SSSR count). The molecule has 0 aliphatic carbocycles. The smallest absolute Gasteiger partial charge is 0.257 e. The zero-order valence-corrected chi connectivity index (χ0v) is 12.0. The number of nitrogens with zero attached hydrogens (tertiary/aromatic N) is 1. The van der Waals surface area contributed by atoms with E-state index >= 15 is 0 Å². The van der Waals surface area contributed by atoms with Crippen molar-refractivity contribution in [3.63, 3.8) is 0 Å². The summed E-state index contributed by atoms with van der Waals surface area (Å²) in [7, 11) is 0. The fraction of sp³-hybridized carbons (Fsp3) is 0.500. The second-order valence-electron chi connectivity index (χ2n) is 4.65. The van der Waals surface area contributed by atoms with Gasteiger partial charge in [-0.05, 0) is 37.8 Å². The van der Waals surface area contributed by atoms with Gasteiger partial charge in [0, 0.05) is 12.6 Å². The molecule has 0 unspecified atom stereocenters. The zero-order chi connectivity index (χ0) is 13.1. The van der Waals surface area contributed by atoms with E-state index < -0.39 is 0 Å². The lowest BCUT2D eigenvalue weighted by Crippen LogP contribution is -2.43. The Morgan fingerprint density at radius 2 is 2.00 bits per heavy atom. The highest BCUT2D eigenvalue weighted by atomic mass is 35.5. The van der Waals surface area contributed by atoms with E-state index in [0.29, 0.717) is 21.7 Å². The number of rotatable bonds is 2. The average molecular weight is 286 g/mol. The summed E-state index contributed by atoms with van der Waals surface area (Å²) < 4.78 is 0. The van der Waals surface area contributed by atoms with Gasteiger partial charge in [0.1, 0.15) is 0 Å². The van der Waals surface area contributed by atoms with Crippen LogP contribution in [-0.2, 0) is 0 Å². The Morgan fingerprint density at radius 1 is 1.33 bits per heavy atom. The van der Waals surface area contributed by atoms with Gasteiger partial charge < -0.3 is 4.90 Å². The van der Waals surface area contributed by atoms with E-state index in [1.54, 1.807) is 18.2 Å². The number of hydrogen-bond acceptors (Lipinski definition) is 1. The van der Waals surface area contributed by atoms with Crippen molar-refractivity contribution in [3.05, 3.63) is 33.8 Å². The molecule has 1 aromatic carbocycles. The normalized spacial score (nSPS) is 19.9. The van der Waals surface area contributed by atoms with Gasteiger partial charge in [-0.25, -0.2) is 0 Å². The molecule has 1 saturated heterocycles. The van der Waals surface area contributed by atoms with E-state index in [0.717, 1.165) is 25.8 Å². The number of piperidine rings is 1. The molecule has 1 aliphatic rings. The zero-order valence-electron chi connectivity index (χ0n) is 10.5. The fourth-order valence-corrected chi connectivity index (χ4v) is 3.10. The van der Waals surface area contributed by atoms with Gasteiger partial charge in [0.25, 0.3) is 5.91 Å². The van der Waals surface area contributed by atoms with Crippen molar-refractivity contribution in [3.8, 4) is 0 Å². The molecule has 1 amide bonds. The average Bonchev–Trinajstić information content (AvgIpc) is 2.38. The van der Waals surface area contributed by atoms with Crippen LogP contribution in [-0.4, -0.2) is 23.4 Å². The van der Waals surface area contributed by atoms with Crippen LogP contribution in [0.4, 0.5) is 0 Å². The van der Waals surface area contributed by atoms with Gasteiger partial charge in [0.05, 0.1) is 15.6 Å². The molecule has 0 N–H and O–H groups in total. The van der Waals surface area contributed by atoms with E-state index in [-0.39, 0.29) is 5.91 Å². The first-order valence-corrected chi connectivity index (χ1v) is 7.15. The van der Waals surface area contributed by atoms with Crippen molar-refractivity contribution in [1.29, 1.82) is 0 Å². The first kappa shape index (κ1) is 13.7. The fourth-order valence-electron chi connectivity index (χ4n) is 2.54. The second-order valence-corrected chi connectivity index (χ2v) is 5.47. The third-order valence-corrected chi connectivity index (χ3v) is 4.17. The third-order valence-electron chi connectivity index (χ3n) is 3.54. The number of halogens is 2. The van der Waals surface area contributed by atoms with Crippen LogP contribution < -0.4 is 0 Å². The summed E-state index contributed by atoms with van der Waals surface area (Å²) in [5.74, 6) is -0.0304. The Labute approximate surface area is 118 Å². The summed E-state index contributed by atoms with van der Waals surface area (Å²) in [6, 6.07) is 5.50. The van der Waals surface area contributed by atoms with E-state index in [1.165, 1.54) is 6.42 Å². The Balaban J connectivity index is 2.30. The van der Waals surface area contributed by atoms with Crippen molar-refractivity contribution in [2.24, 2.45) is 0 Å². The van der Waals surface area contributed by atoms with E-state index in [1.807, 2.05) is 4.90 Å². The highest BCUT2D eigenvalue weighted by Gasteiger charge is 2.28. The summed E-state index contributed by atoms with van der Waals surface area (Å²) in [6.07, 6.45) is 4.31. The number of hydrogen-bond donors (Lipinski definition) is 0. The van der Waals surface area contributed by atoms with Crippen LogP contribution in [0.1, 0.15) is 43.0 Å². The summed E-state index contributed by atoms with van der Waals surface area (Å²) in [5, 5.41) is 0.876. The largest absolute Gasteiger partial charge is 0.336 e. The molecule has 1 fully saturated rings. The van der Waals surface area contributed by atoms with Crippen LogP contribution >= 0.6 is 23.2 Å². The predicted octanol–water partition coefficient (Wildman–Crippen LogP) is 4.40. The van der Waals surface area contributed by atoms with Crippen molar-refractivity contribution >= 4 is 29.1 Å². The van der Waals surface area contributed by atoms with Crippen LogP contribution in [0.15, 0.2) is 18.2 Å². The number of carbonyl (C=O) groups is 1. The third kappa shape index (κ3) is 2.65. The van der Waals surface area contributed by atoms with Gasteiger partial charge in [-0.15, -0.1) is 0 Å². The second kappa shape index (κ2) is 5.94. The molecule has 18 heavy (non-hydrogen) atoms. The highest BCUT2D eigenvalue weighted by Crippen LogP contribution is 2.29. The van der Waals surface area contributed by atoms with Gasteiger partial charge in [-0.3, -0.25) is 4.79 Å². The molecule has 0 saturated carbocycles. The van der Waals surface area contributed by atoms with E-state index in [4.69, 9.17) is 23.2 Å². The minimum atomic E-state index is -0.0304. The molecule has 0 spiro atoms. The van der Waals surface area contributed by atoms with Crippen molar-refractivity contribution < 1.29 is 4.79 Å². The number of benzene rings is 1. The summed E-state index contributed by atoms with van der Waals surface area (Å²) in [5.41, 5.74) is 0.446. The lowest BCUT2D eigenvalue weighted by Gasteiger charge is -2.35. The van der Waals surface area contributed by atoms with Gasteiger partial charge in [-0.1, -0.05) is 36.2 Å². The highest BCUT2D eigenvalue weighted by molar-refractivity contribution is 6.39. The lowest BCUT2D eigenvalue weighted by atomic mass is 9.99. The molecular formula is C14H17Cl2NO. The minimum Gasteiger partial charge on any atom is -0.336 e. The number of amides is 1.